The van der Waals surface area contributed by atoms with Crippen molar-refractivity contribution in [2.75, 3.05) is 24.5 Å². The van der Waals surface area contributed by atoms with Crippen molar-refractivity contribution in [1.82, 2.24) is 10.3 Å². The van der Waals surface area contributed by atoms with Crippen LogP contribution in [0.15, 0.2) is 40.9 Å². The van der Waals surface area contributed by atoms with Crippen molar-refractivity contribution in [1.29, 1.82) is 0 Å². The van der Waals surface area contributed by atoms with Crippen LogP contribution < -0.4 is 10.2 Å². The third kappa shape index (κ3) is 6.25. The van der Waals surface area contributed by atoms with Gasteiger partial charge in [0.25, 0.3) is 11.8 Å². The van der Waals surface area contributed by atoms with Crippen molar-refractivity contribution in [3.8, 4) is 0 Å². The van der Waals surface area contributed by atoms with Crippen LogP contribution in [0.25, 0.3) is 10.9 Å². The highest BCUT2D eigenvalue weighted by Gasteiger charge is 2.37. The highest BCUT2D eigenvalue weighted by Crippen LogP contribution is 2.35. The first kappa shape index (κ1) is 27.8. The fraction of sp³-hybridized carbons (Fsp3) is 0.370. The number of carboxylic acid groups (broad SMARTS) is 1. The van der Waals surface area contributed by atoms with Gasteiger partial charge in [-0.05, 0) is 61.7 Å². The summed E-state index contributed by atoms with van der Waals surface area (Å²) in [6, 6.07) is 8.02. The predicted molar refractivity (Wildman–Crippen MR) is 139 cm³/mol. The molecule has 1 atom stereocenters. The molecule has 202 valence electrons. The van der Waals surface area contributed by atoms with Crippen molar-refractivity contribution in [3.63, 3.8) is 0 Å². The number of carbonyl (C=O) groups excluding carboxylic acids is 1. The number of piperidine rings is 1. The number of carboxylic acids is 1. The molecule has 1 amide bonds. The molecule has 2 N–H and O–H groups in total. The summed E-state index contributed by atoms with van der Waals surface area (Å²) in [7, 11) is 0. The maximum absolute atomic E-state index is 14.5. The Kier molecular flexibility index (Phi) is 8.25. The van der Waals surface area contributed by atoms with E-state index in [2.05, 4.69) is 26.2 Å². The van der Waals surface area contributed by atoms with Gasteiger partial charge >= 0.3 is 5.97 Å². The fourth-order valence-electron chi connectivity index (χ4n) is 4.86. The Bertz CT molecular complexity index is 1390. The second kappa shape index (κ2) is 11.3. The lowest BCUT2D eigenvalue weighted by Crippen LogP contribution is -2.43. The molecule has 38 heavy (non-hydrogen) atoms. The van der Waals surface area contributed by atoms with Gasteiger partial charge in [0.15, 0.2) is 0 Å². The Morgan fingerprint density at radius 2 is 1.97 bits per heavy atom. The average molecular weight is 596 g/mol. The monoisotopic (exact) mass is 595 g/mol. The van der Waals surface area contributed by atoms with Gasteiger partial charge in [-0.3, -0.25) is 9.59 Å². The van der Waals surface area contributed by atoms with Crippen molar-refractivity contribution in [2.45, 2.75) is 44.4 Å². The van der Waals surface area contributed by atoms with Gasteiger partial charge in [0, 0.05) is 47.3 Å². The molecule has 0 spiro atoms. The summed E-state index contributed by atoms with van der Waals surface area (Å²) in [6.45, 7) is 1.32. The smallest absolute Gasteiger partial charge is 0.303 e. The summed E-state index contributed by atoms with van der Waals surface area (Å²) >= 11 is 3.39. The number of hydrogen-bond donors (Lipinski definition) is 2. The molecule has 0 bridgehead atoms. The number of alkyl halides is 2. The van der Waals surface area contributed by atoms with E-state index in [0.29, 0.717) is 27.5 Å². The molecule has 1 fully saturated rings. The number of hydrogen-bond acceptors (Lipinski definition) is 4. The number of halogens is 5. The molecule has 1 unspecified atom stereocenters. The van der Waals surface area contributed by atoms with E-state index in [-0.39, 0.29) is 49.2 Å². The summed E-state index contributed by atoms with van der Waals surface area (Å²) in [6.07, 6.45) is -0.289. The summed E-state index contributed by atoms with van der Waals surface area (Å²) in [4.78, 5) is 30.8. The number of fused-ring (bicyclic) bond motifs is 1. The zero-order valence-corrected chi connectivity index (χ0v) is 22.1. The topological polar surface area (TPSA) is 82.5 Å². The van der Waals surface area contributed by atoms with Crippen molar-refractivity contribution in [3.05, 3.63) is 69.2 Å². The molecule has 2 heterocycles. The van der Waals surface area contributed by atoms with E-state index >= 15 is 0 Å². The molecule has 1 aliphatic rings. The van der Waals surface area contributed by atoms with Crippen molar-refractivity contribution < 1.29 is 32.3 Å². The molecule has 1 aromatic heterocycles. The minimum atomic E-state index is -2.88. The van der Waals surface area contributed by atoms with Crippen molar-refractivity contribution in [2.24, 2.45) is 0 Å². The molecule has 0 saturated carbocycles. The SMILES string of the molecule is Cc1c(N2CCCC(F)(F)C2)nc2ccc(Br)cc2c1C(=O)NCC(CCC(=O)O)c1cc(F)ccc1F. The zero-order valence-electron chi connectivity index (χ0n) is 20.5. The number of nitrogens with one attached hydrogen (secondary N) is 1. The first-order valence-corrected chi connectivity index (χ1v) is 12.9. The quantitative estimate of drug-likeness (QED) is 0.303. The Balaban J connectivity index is 1.70. The van der Waals surface area contributed by atoms with Gasteiger partial charge in [0.2, 0.25) is 0 Å². The summed E-state index contributed by atoms with van der Waals surface area (Å²) in [5.41, 5.74) is 1.02. The first-order valence-electron chi connectivity index (χ1n) is 12.1. The molecule has 1 aliphatic heterocycles. The number of nitrogens with zero attached hydrogens (tertiary/aromatic N) is 2. The largest absolute Gasteiger partial charge is 0.481 e. The lowest BCUT2D eigenvalue weighted by Gasteiger charge is -2.34. The van der Waals surface area contributed by atoms with Gasteiger partial charge in [-0.25, -0.2) is 22.5 Å². The van der Waals surface area contributed by atoms with E-state index in [4.69, 9.17) is 5.11 Å². The first-order chi connectivity index (χ1) is 17.9. The van der Waals surface area contributed by atoms with Crippen LogP contribution in [0.3, 0.4) is 0 Å². The minimum absolute atomic E-state index is 0.0360. The van der Waals surface area contributed by atoms with Gasteiger partial charge in [0.05, 0.1) is 17.6 Å². The molecule has 3 aromatic rings. The lowest BCUT2D eigenvalue weighted by molar-refractivity contribution is -0.137. The van der Waals surface area contributed by atoms with Gasteiger partial charge in [-0.1, -0.05) is 15.9 Å². The third-order valence-corrected chi connectivity index (χ3v) is 7.19. The van der Waals surface area contributed by atoms with Crippen LogP contribution >= 0.6 is 15.9 Å². The second-order valence-electron chi connectivity index (χ2n) is 9.48. The van der Waals surface area contributed by atoms with Crippen LogP contribution in [0.4, 0.5) is 23.4 Å². The Labute approximate surface area is 225 Å². The van der Waals surface area contributed by atoms with E-state index in [1.54, 1.807) is 25.1 Å². The number of anilines is 1. The van der Waals surface area contributed by atoms with E-state index < -0.39 is 41.9 Å². The van der Waals surface area contributed by atoms with Gasteiger partial charge < -0.3 is 15.3 Å². The van der Waals surface area contributed by atoms with Crippen LogP contribution in [0.1, 0.15) is 53.1 Å². The third-order valence-electron chi connectivity index (χ3n) is 6.70. The molecular weight excluding hydrogens is 570 g/mol. The summed E-state index contributed by atoms with van der Waals surface area (Å²) < 4.78 is 57.5. The summed E-state index contributed by atoms with van der Waals surface area (Å²) in [5.74, 6) is -6.47. The zero-order chi connectivity index (χ0) is 27.6. The normalized spacial score (nSPS) is 15.9. The minimum Gasteiger partial charge on any atom is -0.481 e. The van der Waals surface area contributed by atoms with E-state index in [1.165, 1.54) is 4.90 Å². The number of aliphatic carboxylic acids is 1. The fourth-order valence-corrected chi connectivity index (χ4v) is 5.22. The Hall–Kier alpha value is -3.21. The molecular formula is C27H26BrF4N3O3. The van der Waals surface area contributed by atoms with E-state index in [1.807, 2.05) is 0 Å². The predicted octanol–water partition coefficient (Wildman–Crippen LogP) is 6.20. The number of rotatable bonds is 8. The molecule has 4 rings (SSSR count). The number of pyridine rings is 1. The second-order valence-corrected chi connectivity index (χ2v) is 10.4. The molecule has 6 nitrogen and oxygen atoms in total. The van der Waals surface area contributed by atoms with Crippen LogP contribution in [0.2, 0.25) is 0 Å². The summed E-state index contributed by atoms with van der Waals surface area (Å²) in [5, 5.41) is 12.4. The number of amides is 1. The standard InChI is InChI=1S/C27H26BrF4N3O3/c1-15-24(26(38)33-13-16(3-8-23(36)37)19-12-18(29)5-6-21(19)30)20-11-17(28)4-7-22(20)34-25(15)35-10-2-9-27(31,32)14-35/h4-7,11-12,16H,2-3,8-10,13-14H2,1H3,(H,33,38)(H,36,37). The van der Waals surface area contributed by atoms with Crippen LogP contribution in [0.5, 0.6) is 0 Å². The lowest BCUT2D eigenvalue weighted by atomic mass is 9.93. The van der Waals surface area contributed by atoms with Gasteiger partial charge in [-0.2, -0.15) is 0 Å². The van der Waals surface area contributed by atoms with Gasteiger partial charge in [0.1, 0.15) is 17.5 Å². The Morgan fingerprint density at radius 1 is 1.21 bits per heavy atom. The number of carbonyl (C=O) groups is 2. The van der Waals surface area contributed by atoms with E-state index in [9.17, 15) is 27.2 Å². The highest BCUT2D eigenvalue weighted by atomic mass is 79.9. The maximum atomic E-state index is 14.5. The average Bonchev–Trinajstić information content (AvgIpc) is 2.84. The number of aromatic nitrogens is 1. The van der Waals surface area contributed by atoms with Gasteiger partial charge in [-0.15, -0.1) is 0 Å². The maximum Gasteiger partial charge on any atom is 0.303 e. The molecule has 0 radical (unpaired) electrons. The molecule has 1 saturated heterocycles. The van der Waals surface area contributed by atoms with Crippen LogP contribution in [-0.4, -0.2) is 47.5 Å². The van der Waals surface area contributed by atoms with Crippen LogP contribution in [-0.2, 0) is 4.79 Å². The van der Waals surface area contributed by atoms with E-state index in [0.717, 1.165) is 18.2 Å². The number of benzene rings is 2. The molecule has 11 heteroatoms. The molecule has 2 aromatic carbocycles. The highest BCUT2D eigenvalue weighted by molar-refractivity contribution is 9.10. The van der Waals surface area contributed by atoms with Crippen molar-refractivity contribution >= 4 is 44.5 Å². The Morgan fingerprint density at radius 3 is 2.68 bits per heavy atom. The van der Waals surface area contributed by atoms with Crippen LogP contribution in [0, 0.1) is 18.6 Å². The molecule has 0 aliphatic carbocycles.